The smallest absolute Gasteiger partial charge is 0.127 e. The summed E-state index contributed by atoms with van der Waals surface area (Å²) in [6, 6.07) is 9.76. The first kappa shape index (κ1) is 15.5. The van der Waals surface area contributed by atoms with Gasteiger partial charge in [-0.1, -0.05) is 41.4 Å². The lowest BCUT2D eigenvalue weighted by Crippen LogP contribution is -3.29. The number of piperazine rings is 1. The van der Waals surface area contributed by atoms with E-state index in [1.165, 1.54) is 68.4 Å². The van der Waals surface area contributed by atoms with Crippen molar-refractivity contribution in [1.82, 2.24) is 0 Å². The minimum atomic E-state index is 0.945. The maximum atomic E-state index is 3.58. The van der Waals surface area contributed by atoms with E-state index in [2.05, 4.69) is 47.1 Å². The molecule has 3 heteroatoms. The molecule has 0 spiro atoms. The van der Waals surface area contributed by atoms with Crippen molar-refractivity contribution in [3.05, 3.63) is 34.3 Å². The Hall–Kier alpha value is -0.380. The average molecular weight is 353 g/mol. The van der Waals surface area contributed by atoms with Gasteiger partial charge in [-0.2, -0.15) is 0 Å². The Balaban J connectivity index is 1.50. The molecule has 2 fully saturated rings. The van der Waals surface area contributed by atoms with Crippen molar-refractivity contribution in [2.75, 3.05) is 26.2 Å². The van der Waals surface area contributed by atoms with E-state index in [0.29, 0.717) is 0 Å². The lowest BCUT2D eigenvalue weighted by atomic mass is 9.84. The predicted octanol–water partition coefficient (Wildman–Crippen LogP) is 1.31. The molecule has 1 aromatic carbocycles. The van der Waals surface area contributed by atoms with Gasteiger partial charge in [0.25, 0.3) is 0 Å². The fourth-order valence-electron chi connectivity index (χ4n) is 4.33. The first-order chi connectivity index (χ1) is 10.2. The molecule has 0 amide bonds. The molecule has 0 radical (unpaired) electrons. The van der Waals surface area contributed by atoms with Gasteiger partial charge in [0.1, 0.15) is 32.7 Å². The van der Waals surface area contributed by atoms with Gasteiger partial charge < -0.3 is 9.80 Å². The maximum Gasteiger partial charge on any atom is 0.127 e. The third kappa shape index (κ3) is 4.08. The second kappa shape index (κ2) is 7.26. The summed E-state index contributed by atoms with van der Waals surface area (Å²) in [6.07, 6.45) is 5.86. The van der Waals surface area contributed by atoms with Crippen LogP contribution < -0.4 is 9.80 Å². The van der Waals surface area contributed by atoms with Gasteiger partial charge in [0.15, 0.2) is 0 Å². The molecule has 0 unspecified atom stereocenters. The average Bonchev–Trinajstić information content (AvgIpc) is 2.49. The fraction of sp³-hybridized carbons (Fsp3) is 0.667. The molecule has 3 rings (SSSR count). The van der Waals surface area contributed by atoms with Crippen molar-refractivity contribution in [2.45, 2.75) is 45.2 Å². The van der Waals surface area contributed by atoms with E-state index < -0.39 is 0 Å². The lowest BCUT2D eigenvalue weighted by Gasteiger charge is -2.39. The lowest BCUT2D eigenvalue weighted by molar-refractivity contribution is -1.03. The number of halogens is 1. The van der Waals surface area contributed by atoms with Gasteiger partial charge >= 0.3 is 0 Å². The topological polar surface area (TPSA) is 8.88 Å². The number of nitrogens with one attached hydrogen (secondary N) is 2. The van der Waals surface area contributed by atoms with Crippen molar-refractivity contribution in [1.29, 1.82) is 0 Å². The number of rotatable bonds is 3. The fourth-order valence-corrected chi connectivity index (χ4v) is 4.78. The predicted molar refractivity (Wildman–Crippen MR) is 90.7 cm³/mol. The quantitative estimate of drug-likeness (QED) is 0.811. The summed E-state index contributed by atoms with van der Waals surface area (Å²) in [5.41, 5.74) is 1.47. The highest BCUT2D eigenvalue weighted by molar-refractivity contribution is 9.10. The van der Waals surface area contributed by atoms with Gasteiger partial charge in [-0.05, 0) is 31.4 Å². The molecule has 1 heterocycles. The monoisotopic (exact) mass is 352 g/mol. The SMILES string of the molecule is C[C@@H]1CCCC[C@H]1[NH+]1CC[NH+](Cc2cccc(Br)c2)CC1. The molecule has 2 N–H and O–H groups in total. The van der Waals surface area contributed by atoms with E-state index in [9.17, 15) is 0 Å². The summed E-state index contributed by atoms with van der Waals surface area (Å²) in [4.78, 5) is 3.67. The van der Waals surface area contributed by atoms with Gasteiger partial charge in [0.05, 0.1) is 6.04 Å². The molecule has 1 aliphatic carbocycles. The molecule has 0 aromatic heterocycles. The van der Waals surface area contributed by atoms with Crippen molar-refractivity contribution in [2.24, 2.45) is 5.92 Å². The van der Waals surface area contributed by atoms with E-state index in [-0.39, 0.29) is 0 Å². The third-order valence-corrected chi connectivity index (χ3v) is 6.07. The minimum Gasteiger partial charge on any atom is -0.323 e. The highest BCUT2D eigenvalue weighted by Crippen LogP contribution is 2.21. The van der Waals surface area contributed by atoms with Crippen LogP contribution in [0.4, 0.5) is 0 Å². The Bertz CT molecular complexity index is 454. The van der Waals surface area contributed by atoms with E-state index in [1.54, 1.807) is 4.90 Å². The summed E-state index contributed by atoms with van der Waals surface area (Å²) in [6.45, 7) is 9.09. The molecule has 0 bridgehead atoms. The summed E-state index contributed by atoms with van der Waals surface area (Å²) in [5.74, 6) is 0.945. The van der Waals surface area contributed by atoms with Crippen LogP contribution in [0.15, 0.2) is 28.7 Å². The normalized spacial score (nSPS) is 33.8. The van der Waals surface area contributed by atoms with Crippen LogP contribution in [-0.2, 0) is 6.54 Å². The second-order valence-corrected chi connectivity index (χ2v) is 8.00. The van der Waals surface area contributed by atoms with Gasteiger partial charge in [-0.15, -0.1) is 0 Å². The molecule has 2 nitrogen and oxygen atoms in total. The maximum absolute atomic E-state index is 3.58. The van der Waals surface area contributed by atoms with E-state index >= 15 is 0 Å². The van der Waals surface area contributed by atoms with Crippen LogP contribution in [0.5, 0.6) is 0 Å². The van der Waals surface area contributed by atoms with Crippen LogP contribution in [0.3, 0.4) is 0 Å². The summed E-state index contributed by atoms with van der Waals surface area (Å²) < 4.78 is 1.21. The zero-order valence-corrected chi connectivity index (χ0v) is 14.8. The zero-order chi connectivity index (χ0) is 14.7. The molecule has 21 heavy (non-hydrogen) atoms. The summed E-state index contributed by atoms with van der Waals surface area (Å²) in [7, 11) is 0. The molecule has 1 aliphatic heterocycles. The van der Waals surface area contributed by atoms with Crippen LogP contribution in [-0.4, -0.2) is 32.2 Å². The van der Waals surface area contributed by atoms with Crippen LogP contribution in [0.2, 0.25) is 0 Å². The van der Waals surface area contributed by atoms with Crippen LogP contribution in [0, 0.1) is 5.92 Å². The van der Waals surface area contributed by atoms with E-state index in [1.807, 2.05) is 4.90 Å². The highest BCUT2D eigenvalue weighted by Gasteiger charge is 2.34. The third-order valence-electron chi connectivity index (χ3n) is 5.58. The molecule has 116 valence electrons. The molecular weight excluding hydrogens is 324 g/mol. The minimum absolute atomic E-state index is 0.945. The Morgan fingerprint density at radius 3 is 2.57 bits per heavy atom. The number of hydrogen-bond donors (Lipinski definition) is 2. The molecule has 2 aliphatic rings. The molecule has 2 atom stereocenters. The van der Waals surface area contributed by atoms with Crippen molar-refractivity contribution in [3.8, 4) is 0 Å². The Kier molecular flexibility index (Phi) is 5.36. The van der Waals surface area contributed by atoms with Crippen LogP contribution >= 0.6 is 15.9 Å². The largest absolute Gasteiger partial charge is 0.323 e. The van der Waals surface area contributed by atoms with E-state index in [4.69, 9.17) is 0 Å². The number of quaternary nitrogens is 2. The molecule has 1 saturated heterocycles. The first-order valence-electron chi connectivity index (χ1n) is 8.65. The molecular formula is C18H29BrN2+2. The molecule has 1 aromatic rings. The van der Waals surface area contributed by atoms with Crippen molar-refractivity contribution >= 4 is 15.9 Å². The Labute approximate surface area is 137 Å². The van der Waals surface area contributed by atoms with Crippen LogP contribution in [0.1, 0.15) is 38.2 Å². The standard InChI is InChI=1S/C18H27BrN2/c1-15-5-2-3-8-18(15)21-11-9-20(10-12-21)14-16-6-4-7-17(19)13-16/h4,6-7,13,15,18H,2-3,5,8-12,14H2,1H3/p+2/t15-,18-/m1/s1. The summed E-state index contributed by atoms with van der Waals surface area (Å²) >= 11 is 3.58. The van der Waals surface area contributed by atoms with Gasteiger partial charge in [-0.3, -0.25) is 0 Å². The summed E-state index contributed by atoms with van der Waals surface area (Å²) in [5, 5.41) is 0. The van der Waals surface area contributed by atoms with Crippen LogP contribution in [0.25, 0.3) is 0 Å². The molecule has 1 saturated carbocycles. The van der Waals surface area contributed by atoms with Crippen molar-refractivity contribution in [3.63, 3.8) is 0 Å². The zero-order valence-electron chi connectivity index (χ0n) is 13.2. The number of benzene rings is 1. The highest BCUT2D eigenvalue weighted by atomic mass is 79.9. The van der Waals surface area contributed by atoms with Gasteiger partial charge in [-0.25, -0.2) is 0 Å². The number of hydrogen-bond acceptors (Lipinski definition) is 0. The Morgan fingerprint density at radius 1 is 1.10 bits per heavy atom. The second-order valence-electron chi connectivity index (χ2n) is 7.08. The Morgan fingerprint density at radius 2 is 1.86 bits per heavy atom. The van der Waals surface area contributed by atoms with Gasteiger partial charge in [0.2, 0.25) is 0 Å². The first-order valence-corrected chi connectivity index (χ1v) is 9.44. The van der Waals surface area contributed by atoms with Crippen molar-refractivity contribution < 1.29 is 9.80 Å². The van der Waals surface area contributed by atoms with E-state index in [0.717, 1.165) is 12.0 Å². The van der Waals surface area contributed by atoms with Gasteiger partial charge in [0, 0.05) is 16.0 Å².